The molecule has 2 aromatic heterocycles. The smallest absolute Gasteiger partial charge is 0.209 e. The van der Waals surface area contributed by atoms with Crippen molar-refractivity contribution in [3.63, 3.8) is 0 Å². The van der Waals surface area contributed by atoms with Gasteiger partial charge in [-0.3, -0.25) is 4.57 Å². The van der Waals surface area contributed by atoms with Crippen molar-refractivity contribution in [1.82, 2.24) is 14.5 Å². The summed E-state index contributed by atoms with van der Waals surface area (Å²) in [5.74, 6) is 0.841. The Morgan fingerprint density at radius 2 is 1.16 bits per heavy atom. The van der Waals surface area contributed by atoms with E-state index < -0.39 is 0 Å². The Kier molecular flexibility index (Phi) is 6.21. The average Bonchev–Trinajstić information content (AvgIpc) is 3.90. The maximum atomic E-state index is 5.37. The van der Waals surface area contributed by atoms with Crippen molar-refractivity contribution >= 4 is 77.8 Å². The zero-order chi connectivity index (χ0) is 33.5. The molecule has 51 heavy (non-hydrogen) atoms. The molecule has 1 atom stereocenters. The first-order valence-electron chi connectivity index (χ1n) is 17.3. The quantitative estimate of drug-likeness (QED) is 0.203. The molecule has 4 nitrogen and oxygen atoms in total. The zero-order valence-electron chi connectivity index (χ0n) is 27.5. The second kappa shape index (κ2) is 11.1. The van der Waals surface area contributed by atoms with Crippen LogP contribution in [0.3, 0.4) is 0 Å². The largest absolute Gasteiger partial charge is 0.344 e. The topological polar surface area (TPSA) is 34.2 Å². The lowest BCUT2D eigenvalue weighted by Crippen LogP contribution is -2.40. The number of nitrogens with one attached hydrogen (secondary N) is 1. The van der Waals surface area contributed by atoms with Crippen LogP contribution in [0, 0.1) is 0 Å². The summed E-state index contributed by atoms with van der Waals surface area (Å²) in [6, 6.07) is 57.1. The molecule has 7 aromatic carbocycles. The van der Waals surface area contributed by atoms with Gasteiger partial charge in [-0.05, 0) is 75.8 Å². The van der Waals surface area contributed by atoms with Crippen molar-refractivity contribution in [3.8, 4) is 16.8 Å². The fourth-order valence-electron chi connectivity index (χ4n) is 8.12. The molecule has 11 rings (SSSR count). The fraction of sp³-hybridized carbons (Fsp3) is 0.0217. The highest BCUT2D eigenvalue weighted by Gasteiger charge is 2.29. The maximum Gasteiger partial charge on any atom is 0.209 e. The lowest BCUT2D eigenvalue weighted by atomic mass is 9.99. The molecular weight excluding hydrogens is 641 g/mol. The van der Waals surface area contributed by atoms with Crippen LogP contribution in [-0.2, 0) is 0 Å². The molecule has 0 bridgehead atoms. The van der Waals surface area contributed by atoms with Crippen LogP contribution in [-0.4, -0.2) is 21.1 Å². The molecule has 0 amide bonds. The minimum absolute atomic E-state index is 0.0784. The predicted molar refractivity (Wildman–Crippen MR) is 217 cm³/mol. The monoisotopic (exact) mass is 670 g/mol. The SMILES string of the molecule is C1=CC2NC(n3c4ccc(-c5ccc6c(c5)c5ccccc5n6-c5ccccc5)cc4c4c5ccccc5ccc43)=NC(c3ccccc3)=C2S1. The van der Waals surface area contributed by atoms with Crippen molar-refractivity contribution < 1.29 is 0 Å². The lowest BCUT2D eigenvalue weighted by Gasteiger charge is -2.25. The fourth-order valence-corrected chi connectivity index (χ4v) is 9.07. The summed E-state index contributed by atoms with van der Waals surface area (Å²) in [6.07, 6.45) is 2.24. The van der Waals surface area contributed by atoms with Crippen molar-refractivity contribution in [2.45, 2.75) is 6.04 Å². The zero-order valence-corrected chi connectivity index (χ0v) is 28.3. The normalized spacial score (nSPS) is 15.7. The third-order valence-electron chi connectivity index (χ3n) is 10.4. The summed E-state index contributed by atoms with van der Waals surface area (Å²) >= 11 is 1.76. The van der Waals surface area contributed by atoms with Crippen molar-refractivity contribution in [2.75, 3.05) is 0 Å². The van der Waals surface area contributed by atoms with Gasteiger partial charge in [0, 0.05) is 37.7 Å². The Hall–Kier alpha value is -6.30. The Bertz CT molecular complexity index is 2960. The first-order valence-corrected chi connectivity index (χ1v) is 18.2. The summed E-state index contributed by atoms with van der Waals surface area (Å²) < 4.78 is 4.70. The molecule has 2 aliphatic rings. The van der Waals surface area contributed by atoms with Crippen molar-refractivity contribution in [3.05, 3.63) is 180 Å². The van der Waals surface area contributed by atoms with E-state index >= 15 is 0 Å². The number of nitrogens with zero attached hydrogens (tertiary/aromatic N) is 3. The highest BCUT2D eigenvalue weighted by molar-refractivity contribution is 8.06. The minimum Gasteiger partial charge on any atom is -0.344 e. The van der Waals surface area contributed by atoms with Gasteiger partial charge in [0.05, 0.1) is 33.8 Å². The van der Waals surface area contributed by atoms with Crippen LogP contribution in [0.25, 0.3) is 76.9 Å². The number of aliphatic imine (C=N–C) groups is 1. The standard InChI is InChI=1S/C46H30N4S/c1-3-12-30(13-4-1)44-45-38(25-26-51-45)47-46(48-44)50-41-23-21-32(28-37(41)43-34-16-8-7-11-29(34)19-24-42(43)50)31-20-22-40-36(27-31)35-17-9-10-18-39(35)49(40)33-14-5-2-6-15-33/h1-28,38H,(H,47,48). The van der Waals surface area contributed by atoms with E-state index in [1.807, 2.05) is 0 Å². The van der Waals surface area contributed by atoms with E-state index in [4.69, 9.17) is 4.99 Å². The number of aromatic nitrogens is 2. The summed E-state index contributed by atoms with van der Waals surface area (Å²) in [6.45, 7) is 0. The second-order valence-electron chi connectivity index (χ2n) is 13.3. The number of hydrogen-bond donors (Lipinski definition) is 1. The summed E-state index contributed by atoms with van der Waals surface area (Å²) in [5.41, 5.74) is 10.4. The van der Waals surface area contributed by atoms with Crippen LogP contribution in [0.15, 0.2) is 179 Å². The highest BCUT2D eigenvalue weighted by Crippen LogP contribution is 2.42. The summed E-state index contributed by atoms with van der Waals surface area (Å²) in [4.78, 5) is 6.61. The molecule has 0 fully saturated rings. The van der Waals surface area contributed by atoms with Gasteiger partial charge >= 0.3 is 0 Å². The van der Waals surface area contributed by atoms with E-state index in [-0.39, 0.29) is 6.04 Å². The number of fused-ring (bicyclic) bond motifs is 9. The third-order valence-corrected chi connectivity index (χ3v) is 11.4. The molecule has 0 aliphatic carbocycles. The molecule has 0 saturated heterocycles. The third kappa shape index (κ3) is 4.32. The lowest BCUT2D eigenvalue weighted by molar-refractivity contribution is 0.834. The van der Waals surface area contributed by atoms with Crippen molar-refractivity contribution in [1.29, 1.82) is 0 Å². The number of para-hydroxylation sites is 2. The second-order valence-corrected chi connectivity index (χ2v) is 14.2. The number of rotatable bonds is 3. The molecule has 9 aromatic rings. The number of benzene rings is 7. The van der Waals surface area contributed by atoms with Crippen LogP contribution >= 0.6 is 11.8 Å². The Morgan fingerprint density at radius 3 is 1.98 bits per heavy atom. The first-order chi connectivity index (χ1) is 25.3. The summed E-state index contributed by atoms with van der Waals surface area (Å²) in [5, 5.41) is 13.4. The van der Waals surface area contributed by atoms with Crippen LogP contribution in [0.5, 0.6) is 0 Å². The predicted octanol–water partition coefficient (Wildman–Crippen LogP) is 11.5. The van der Waals surface area contributed by atoms with Crippen LogP contribution in [0.2, 0.25) is 0 Å². The average molecular weight is 671 g/mol. The minimum atomic E-state index is 0.0784. The van der Waals surface area contributed by atoms with Gasteiger partial charge in [-0.15, -0.1) is 0 Å². The van der Waals surface area contributed by atoms with E-state index in [2.05, 4.69) is 184 Å². The van der Waals surface area contributed by atoms with E-state index in [0.717, 1.165) is 28.3 Å². The van der Waals surface area contributed by atoms with E-state index in [1.54, 1.807) is 11.8 Å². The van der Waals surface area contributed by atoms with Gasteiger partial charge in [0.15, 0.2) is 0 Å². The van der Waals surface area contributed by atoms with Crippen LogP contribution in [0.4, 0.5) is 0 Å². The van der Waals surface area contributed by atoms with Gasteiger partial charge in [-0.2, -0.15) is 0 Å². The number of hydrogen-bond acceptors (Lipinski definition) is 3. The van der Waals surface area contributed by atoms with Gasteiger partial charge in [0.25, 0.3) is 0 Å². The molecule has 0 radical (unpaired) electrons. The Balaban J connectivity index is 1.15. The first kappa shape index (κ1) is 28.5. The maximum absolute atomic E-state index is 5.37. The van der Waals surface area contributed by atoms with E-state index in [0.29, 0.717) is 0 Å². The van der Waals surface area contributed by atoms with Gasteiger partial charge in [-0.1, -0.05) is 127 Å². The molecule has 1 N–H and O–H groups in total. The van der Waals surface area contributed by atoms with Gasteiger partial charge < -0.3 is 9.88 Å². The molecule has 0 spiro atoms. The molecule has 240 valence electrons. The highest BCUT2D eigenvalue weighted by atomic mass is 32.2. The molecule has 1 unspecified atom stereocenters. The van der Waals surface area contributed by atoms with E-state index in [9.17, 15) is 0 Å². The Morgan fingerprint density at radius 1 is 0.510 bits per heavy atom. The van der Waals surface area contributed by atoms with Gasteiger partial charge in [0.2, 0.25) is 5.96 Å². The molecule has 0 saturated carbocycles. The van der Waals surface area contributed by atoms with Gasteiger partial charge in [-0.25, -0.2) is 4.99 Å². The van der Waals surface area contributed by atoms with E-state index in [1.165, 1.54) is 65.1 Å². The molecule has 5 heteroatoms. The van der Waals surface area contributed by atoms with Crippen molar-refractivity contribution in [2.24, 2.45) is 4.99 Å². The van der Waals surface area contributed by atoms with Gasteiger partial charge in [0.1, 0.15) is 0 Å². The summed E-state index contributed by atoms with van der Waals surface area (Å²) in [7, 11) is 0. The molecule has 4 heterocycles. The molecule has 2 aliphatic heterocycles. The Labute approximate surface area is 298 Å². The molecular formula is C46H30N4S. The van der Waals surface area contributed by atoms with Crippen LogP contribution < -0.4 is 5.32 Å². The van der Waals surface area contributed by atoms with Crippen LogP contribution in [0.1, 0.15) is 5.56 Å². The number of thioether (sulfide) groups is 1.